The molecule has 1 aliphatic carbocycles. The second-order valence-corrected chi connectivity index (χ2v) is 8.03. The Kier molecular flexibility index (Phi) is 7.70. The number of amides is 1. The number of nitrogens with one attached hydrogen (secondary N) is 1. The standard InChI is InChI=1S/C20H27BrN2O5/c21-17-6-4-16(28-17)5-7-19(25)27-14-18(24)22-15-20(8-2-1-3-9-20)23-10-12-26-13-11-23/h4-7H,1-3,8-15H2,(H,22,24)/b7-5+. The third-order valence-corrected chi connectivity index (χ3v) is 5.83. The Morgan fingerprint density at radius 3 is 2.64 bits per heavy atom. The Bertz CT molecular complexity index is 691. The lowest BCUT2D eigenvalue weighted by atomic mass is 9.79. The topological polar surface area (TPSA) is 81.0 Å². The van der Waals surface area contributed by atoms with Crippen molar-refractivity contribution in [2.45, 2.75) is 37.6 Å². The van der Waals surface area contributed by atoms with Crippen LogP contribution in [-0.4, -0.2) is 61.8 Å². The van der Waals surface area contributed by atoms with Crippen molar-refractivity contribution in [2.75, 3.05) is 39.5 Å². The van der Waals surface area contributed by atoms with Crippen LogP contribution in [0.3, 0.4) is 0 Å². The number of halogens is 1. The summed E-state index contributed by atoms with van der Waals surface area (Å²) in [5.41, 5.74) is -0.00568. The van der Waals surface area contributed by atoms with Gasteiger partial charge in [-0.25, -0.2) is 4.79 Å². The number of furan rings is 1. The van der Waals surface area contributed by atoms with Gasteiger partial charge < -0.3 is 19.2 Å². The van der Waals surface area contributed by atoms with E-state index in [2.05, 4.69) is 26.1 Å². The number of hydrogen-bond donors (Lipinski definition) is 1. The largest absolute Gasteiger partial charge is 0.452 e. The molecule has 1 aliphatic heterocycles. The number of ether oxygens (including phenoxy) is 2. The van der Waals surface area contributed by atoms with E-state index in [9.17, 15) is 9.59 Å². The van der Waals surface area contributed by atoms with Crippen molar-refractivity contribution in [2.24, 2.45) is 0 Å². The SMILES string of the molecule is O=C(COC(=O)/C=C/c1ccc(Br)o1)NCC1(N2CCOCC2)CCCCC1. The van der Waals surface area contributed by atoms with Crippen molar-refractivity contribution < 1.29 is 23.5 Å². The molecule has 28 heavy (non-hydrogen) atoms. The van der Waals surface area contributed by atoms with Gasteiger partial charge in [0.05, 0.1) is 13.2 Å². The van der Waals surface area contributed by atoms with Crippen molar-refractivity contribution in [3.8, 4) is 0 Å². The van der Waals surface area contributed by atoms with Gasteiger partial charge in [0.2, 0.25) is 0 Å². The summed E-state index contributed by atoms with van der Waals surface area (Å²) >= 11 is 3.19. The summed E-state index contributed by atoms with van der Waals surface area (Å²) in [6.45, 7) is 3.58. The van der Waals surface area contributed by atoms with E-state index in [1.165, 1.54) is 31.4 Å². The van der Waals surface area contributed by atoms with E-state index in [0.29, 0.717) is 17.0 Å². The van der Waals surface area contributed by atoms with Crippen LogP contribution in [0.5, 0.6) is 0 Å². The van der Waals surface area contributed by atoms with Gasteiger partial charge in [-0.2, -0.15) is 0 Å². The number of rotatable bonds is 7. The second-order valence-electron chi connectivity index (χ2n) is 7.24. The molecule has 0 bridgehead atoms. The summed E-state index contributed by atoms with van der Waals surface area (Å²) in [5, 5.41) is 2.98. The monoisotopic (exact) mass is 454 g/mol. The Balaban J connectivity index is 1.45. The van der Waals surface area contributed by atoms with E-state index in [1.54, 1.807) is 12.1 Å². The quantitative estimate of drug-likeness (QED) is 0.503. The molecular weight excluding hydrogens is 428 g/mol. The number of esters is 1. The number of hydrogen-bond acceptors (Lipinski definition) is 6. The fraction of sp³-hybridized carbons (Fsp3) is 0.600. The summed E-state index contributed by atoms with van der Waals surface area (Å²) in [6.07, 6.45) is 8.50. The van der Waals surface area contributed by atoms with E-state index in [-0.39, 0.29) is 18.1 Å². The number of morpholine rings is 1. The van der Waals surface area contributed by atoms with E-state index < -0.39 is 5.97 Å². The van der Waals surface area contributed by atoms with Crippen LogP contribution in [0.1, 0.15) is 37.9 Å². The Hall–Kier alpha value is -1.64. The number of carbonyl (C=O) groups is 2. The van der Waals surface area contributed by atoms with Crippen LogP contribution in [0.4, 0.5) is 0 Å². The highest BCUT2D eigenvalue weighted by Gasteiger charge is 2.38. The average Bonchev–Trinajstić information content (AvgIpc) is 3.15. The normalized spacial score (nSPS) is 20.2. The van der Waals surface area contributed by atoms with Gasteiger partial charge in [-0.05, 0) is 47.0 Å². The van der Waals surface area contributed by atoms with Gasteiger partial charge in [0.15, 0.2) is 11.3 Å². The zero-order valence-electron chi connectivity index (χ0n) is 16.0. The lowest BCUT2D eigenvalue weighted by molar-refractivity contribution is -0.144. The van der Waals surface area contributed by atoms with Crippen LogP contribution in [0, 0.1) is 0 Å². The van der Waals surface area contributed by atoms with Crippen LogP contribution >= 0.6 is 15.9 Å². The fourth-order valence-corrected chi connectivity index (χ4v) is 4.24. The summed E-state index contributed by atoms with van der Waals surface area (Å²) in [5.74, 6) is -0.332. The molecule has 0 unspecified atom stereocenters. The molecule has 0 atom stereocenters. The molecule has 2 fully saturated rings. The van der Waals surface area contributed by atoms with Crippen molar-refractivity contribution >= 4 is 33.9 Å². The maximum absolute atomic E-state index is 12.2. The van der Waals surface area contributed by atoms with Gasteiger partial charge in [-0.1, -0.05) is 19.3 Å². The summed E-state index contributed by atoms with van der Waals surface area (Å²) in [6, 6.07) is 3.45. The minimum atomic E-state index is -0.580. The van der Waals surface area contributed by atoms with Gasteiger partial charge in [0.1, 0.15) is 5.76 Å². The number of carbonyl (C=O) groups excluding carboxylic acids is 2. The zero-order chi connectivity index (χ0) is 19.8. The van der Waals surface area contributed by atoms with Gasteiger partial charge in [0.25, 0.3) is 5.91 Å². The second kappa shape index (κ2) is 10.2. The van der Waals surface area contributed by atoms with E-state index in [4.69, 9.17) is 13.9 Å². The van der Waals surface area contributed by atoms with Gasteiger partial charge in [-0.15, -0.1) is 0 Å². The molecule has 0 aromatic carbocycles. The lowest BCUT2D eigenvalue weighted by Crippen LogP contribution is -2.59. The molecule has 7 nitrogen and oxygen atoms in total. The fourth-order valence-electron chi connectivity index (χ4n) is 3.92. The van der Waals surface area contributed by atoms with Gasteiger partial charge in [0, 0.05) is 31.2 Å². The molecular formula is C20H27BrN2O5. The van der Waals surface area contributed by atoms with E-state index in [0.717, 1.165) is 39.1 Å². The van der Waals surface area contributed by atoms with Crippen LogP contribution in [-0.2, 0) is 19.1 Å². The molecule has 1 saturated carbocycles. The third kappa shape index (κ3) is 5.93. The Morgan fingerprint density at radius 2 is 1.96 bits per heavy atom. The highest BCUT2D eigenvalue weighted by molar-refractivity contribution is 9.10. The lowest BCUT2D eigenvalue weighted by Gasteiger charge is -2.48. The third-order valence-electron chi connectivity index (χ3n) is 5.40. The summed E-state index contributed by atoms with van der Waals surface area (Å²) < 4.78 is 16.3. The molecule has 1 amide bonds. The molecule has 1 aromatic rings. The van der Waals surface area contributed by atoms with Crippen LogP contribution in [0.2, 0.25) is 0 Å². The van der Waals surface area contributed by atoms with Crippen molar-refractivity contribution in [1.82, 2.24) is 10.2 Å². The predicted octanol–water partition coefficient (Wildman–Crippen LogP) is 2.75. The zero-order valence-corrected chi connectivity index (χ0v) is 17.5. The molecule has 0 radical (unpaired) electrons. The molecule has 1 N–H and O–H groups in total. The van der Waals surface area contributed by atoms with E-state index in [1.807, 2.05) is 0 Å². The molecule has 1 aromatic heterocycles. The molecule has 154 valence electrons. The molecule has 1 saturated heterocycles. The van der Waals surface area contributed by atoms with Crippen LogP contribution < -0.4 is 5.32 Å². The van der Waals surface area contributed by atoms with Crippen LogP contribution in [0.15, 0.2) is 27.3 Å². The Morgan fingerprint density at radius 1 is 1.21 bits per heavy atom. The van der Waals surface area contributed by atoms with Crippen molar-refractivity contribution in [3.63, 3.8) is 0 Å². The molecule has 8 heteroatoms. The summed E-state index contributed by atoms with van der Waals surface area (Å²) in [7, 11) is 0. The van der Waals surface area contributed by atoms with Crippen LogP contribution in [0.25, 0.3) is 6.08 Å². The minimum absolute atomic E-state index is 0.00568. The molecule has 2 heterocycles. The average molecular weight is 455 g/mol. The van der Waals surface area contributed by atoms with E-state index >= 15 is 0 Å². The molecule has 0 spiro atoms. The molecule has 2 aliphatic rings. The maximum atomic E-state index is 12.2. The summed E-state index contributed by atoms with van der Waals surface area (Å²) in [4.78, 5) is 26.5. The van der Waals surface area contributed by atoms with Gasteiger partial charge in [-0.3, -0.25) is 9.69 Å². The smallest absolute Gasteiger partial charge is 0.331 e. The highest BCUT2D eigenvalue weighted by Crippen LogP contribution is 2.33. The molecule has 3 rings (SSSR count). The maximum Gasteiger partial charge on any atom is 0.331 e. The predicted molar refractivity (Wildman–Crippen MR) is 108 cm³/mol. The number of nitrogens with zero attached hydrogens (tertiary/aromatic N) is 1. The van der Waals surface area contributed by atoms with Crippen molar-refractivity contribution in [3.05, 3.63) is 28.6 Å². The first-order valence-electron chi connectivity index (χ1n) is 9.77. The first kappa shape index (κ1) is 21.1. The van der Waals surface area contributed by atoms with Crippen molar-refractivity contribution in [1.29, 1.82) is 0 Å². The minimum Gasteiger partial charge on any atom is -0.452 e. The first-order chi connectivity index (χ1) is 13.6. The Labute approximate surface area is 173 Å². The first-order valence-corrected chi connectivity index (χ1v) is 10.6. The van der Waals surface area contributed by atoms with Gasteiger partial charge >= 0.3 is 5.97 Å². The highest BCUT2D eigenvalue weighted by atomic mass is 79.9.